The van der Waals surface area contributed by atoms with Crippen LogP contribution in [0.1, 0.15) is 38.5 Å². The first-order valence-corrected chi connectivity index (χ1v) is 7.48. The summed E-state index contributed by atoms with van der Waals surface area (Å²) in [5.41, 5.74) is 5.71. The highest BCUT2D eigenvalue weighted by molar-refractivity contribution is 5.85. The molecule has 0 bridgehead atoms. The van der Waals surface area contributed by atoms with Crippen LogP contribution in [-0.4, -0.2) is 44.4 Å². The summed E-state index contributed by atoms with van der Waals surface area (Å²) < 4.78 is 11.0. The Morgan fingerprint density at radius 1 is 1.25 bits per heavy atom. The molecule has 2 aliphatic rings. The van der Waals surface area contributed by atoms with Crippen molar-refractivity contribution in [2.24, 2.45) is 11.7 Å². The molecule has 2 atom stereocenters. The topological polar surface area (TPSA) is 73.6 Å². The first kappa shape index (κ1) is 17.7. The van der Waals surface area contributed by atoms with Gasteiger partial charge in [-0.25, -0.2) is 0 Å². The van der Waals surface area contributed by atoms with E-state index in [-0.39, 0.29) is 30.5 Å². The minimum atomic E-state index is 0. The summed E-state index contributed by atoms with van der Waals surface area (Å²) in [4.78, 5) is 11.8. The molecule has 1 aliphatic heterocycles. The molecule has 2 fully saturated rings. The van der Waals surface area contributed by atoms with Crippen molar-refractivity contribution in [2.45, 2.75) is 50.7 Å². The lowest BCUT2D eigenvalue weighted by atomic mass is 10.0. The molecule has 2 unspecified atom stereocenters. The number of halogens is 1. The Kier molecular flexibility index (Phi) is 8.45. The third-order valence-electron chi connectivity index (χ3n) is 4.16. The monoisotopic (exact) mass is 306 g/mol. The quantitative estimate of drug-likeness (QED) is 0.774. The molecule has 0 aromatic rings. The Hall–Kier alpha value is -0.360. The van der Waals surface area contributed by atoms with Gasteiger partial charge in [-0.3, -0.25) is 4.79 Å². The molecule has 1 saturated carbocycles. The van der Waals surface area contributed by atoms with Crippen molar-refractivity contribution in [2.75, 3.05) is 26.4 Å². The number of hydrogen-bond donors (Lipinski definition) is 2. The largest absolute Gasteiger partial charge is 0.381 e. The van der Waals surface area contributed by atoms with Gasteiger partial charge >= 0.3 is 0 Å². The molecule has 0 radical (unpaired) electrons. The maximum atomic E-state index is 11.8. The fourth-order valence-electron chi connectivity index (χ4n) is 2.95. The average molecular weight is 307 g/mol. The molecule has 1 heterocycles. The van der Waals surface area contributed by atoms with Crippen molar-refractivity contribution < 1.29 is 14.3 Å². The van der Waals surface area contributed by atoms with Crippen molar-refractivity contribution in [3.05, 3.63) is 0 Å². The number of nitrogens with two attached hydrogens (primary N) is 1. The highest BCUT2D eigenvalue weighted by atomic mass is 35.5. The van der Waals surface area contributed by atoms with Gasteiger partial charge in [-0.1, -0.05) is 6.42 Å². The number of hydrogen-bond acceptors (Lipinski definition) is 4. The minimum Gasteiger partial charge on any atom is -0.381 e. The zero-order valence-corrected chi connectivity index (χ0v) is 12.8. The van der Waals surface area contributed by atoms with Crippen molar-refractivity contribution in [3.8, 4) is 0 Å². The SMILES string of the molecule is Cl.NCC1CCCC1NC(=O)CCOC1CCOCC1. The van der Waals surface area contributed by atoms with Crippen molar-refractivity contribution >= 4 is 18.3 Å². The molecule has 0 aromatic heterocycles. The lowest BCUT2D eigenvalue weighted by molar-refractivity contribution is -0.124. The van der Waals surface area contributed by atoms with Gasteiger partial charge in [0, 0.05) is 25.7 Å². The van der Waals surface area contributed by atoms with Gasteiger partial charge < -0.3 is 20.5 Å². The zero-order valence-electron chi connectivity index (χ0n) is 12.0. The van der Waals surface area contributed by atoms with E-state index in [4.69, 9.17) is 15.2 Å². The second kappa shape index (κ2) is 9.55. The second-order valence-electron chi connectivity index (χ2n) is 5.53. The number of carbonyl (C=O) groups is 1. The van der Waals surface area contributed by atoms with Crippen LogP contribution in [0, 0.1) is 5.92 Å². The number of ether oxygens (including phenoxy) is 2. The number of carbonyl (C=O) groups excluding carboxylic acids is 1. The Labute approximate surface area is 127 Å². The van der Waals surface area contributed by atoms with Gasteiger partial charge in [0.1, 0.15) is 0 Å². The summed E-state index contributed by atoms with van der Waals surface area (Å²) in [5.74, 6) is 0.553. The maximum absolute atomic E-state index is 11.8. The van der Waals surface area contributed by atoms with E-state index in [2.05, 4.69) is 5.32 Å². The standard InChI is InChI=1S/C14H26N2O3.ClH/c15-10-11-2-1-3-13(11)16-14(17)6-9-19-12-4-7-18-8-5-12;/h11-13H,1-10,15H2,(H,16,17);1H. The zero-order chi connectivity index (χ0) is 13.5. The first-order chi connectivity index (χ1) is 9.29. The van der Waals surface area contributed by atoms with Crippen LogP contribution in [0.25, 0.3) is 0 Å². The number of amides is 1. The third kappa shape index (κ3) is 5.56. The van der Waals surface area contributed by atoms with E-state index in [9.17, 15) is 4.79 Å². The fourth-order valence-corrected chi connectivity index (χ4v) is 2.95. The number of rotatable bonds is 6. The lowest BCUT2D eigenvalue weighted by Gasteiger charge is -2.23. The average Bonchev–Trinajstić information content (AvgIpc) is 2.87. The van der Waals surface area contributed by atoms with E-state index in [1.54, 1.807) is 0 Å². The van der Waals surface area contributed by atoms with Crippen LogP contribution < -0.4 is 11.1 Å². The Bertz CT molecular complexity index is 286. The molecule has 1 amide bonds. The van der Waals surface area contributed by atoms with Gasteiger partial charge in [0.15, 0.2) is 0 Å². The normalized spacial score (nSPS) is 27.1. The molecule has 2 rings (SSSR count). The van der Waals surface area contributed by atoms with Gasteiger partial charge in [0.25, 0.3) is 0 Å². The van der Waals surface area contributed by atoms with Crippen LogP contribution in [0.15, 0.2) is 0 Å². The summed E-state index contributed by atoms with van der Waals surface area (Å²) in [5, 5.41) is 3.09. The predicted octanol–water partition coefficient (Wildman–Crippen LogP) is 1.24. The van der Waals surface area contributed by atoms with Crippen LogP contribution in [-0.2, 0) is 14.3 Å². The molecular weight excluding hydrogens is 280 g/mol. The van der Waals surface area contributed by atoms with Crippen LogP contribution in [0.2, 0.25) is 0 Å². The second-order valence-corrected chi connectivity index (χ2v) is 5.53. The van der Waals surface area contributed by atoms with Gasteiger partial charge in [-0.2, -0.15) is 0 Å². The van der Waals surface area contributed by atoms with Crippen LogP contribution in [0.5, 0.6) is 0 Å². The Morgan fingerprint density at radius 3 is 2.70 bits per heavy atom. The smallest absolute Gasteiger partial charge is 0.222 e. The highest BCUT2D eigenvalue weighted by Gasteiger charge is 2.27. The van der Waals surface area contributed by atoms with Gasteiger partial charge in [-0.15, -0.1) is 12.4 Å². The maximum Gasteiger partial charge on any atom is 0.222 e. The molecule has 3 N–H and O–H groups in total. The van der Waals surface area contributed by atoms with Crippen LogP contribution >= 0.6 is 12.4 Å². The third-order valence-corrected chi connectivity index (χ3v) is 4.16. The van der Waals surface area contributed by atoms with Gasteiger partial charge in [-0.05, 0) is 38.1 Å². The molecule has 118 valence electrons. The van der Waals surface area contributed by atoms with Crippen LogP contribution in [0.4, 0.5) is 0 Å². The molecule has 0 spiro atoms. The van der Waals surface area contributed by atoms with E-state index < -0.39 is 0 Å². The van der Waals surface area contributed by atoms with E-state index in [1.165, 1.54) is 6.42 Å². The molecule has 20 heavy (non-hydrogen) atoms. The first-order valence-electron chi connectivity index (χ1n) is 7.48. The Morgan fingerprint density at radius 2 is 2.00 bits per heavy atom. The van der Waals surface area contributed by atoms with E-state index in [0.29, 0.717) is 25.5 Å². The minimum absolute atomic E-state index is 0. The molecule has 6 heteroatoms. The summed E-state index contributed by atoms with van der Waals surface area (Å²) in [6, 6.07) is 0.278. The molecule has 5 nitrogen and oxygen atoms in total. The number of nitrogens with one attached hydrogen (secondary N) is 1. The summed E-state index contributed by atoms with van der Waals surface area (Å²) in [6.07, 6.45) is 5.98. The molecule has 0 aromatic carbocycles. The summed E-state index contributed by atoms with van der Waals surface area (Å²) in [7, 11) is 0. The van der Waals surface area contributed by atoms with E-state index >= 15 is 0 Å². The van der Waals surface area contributed by atoms with Gasteiger partial charge in [0.05, 0.1) is 12.7 Å². The Balaban J connectivity index is 0.00000200. The van der Waals surface area contributed by atoms with Gasteiger partial charge in [0.2, 0.25) is 5.91 Å². The predicted molar refractivity (Wildman–Crippen MR) is 80.0 cm³/mol. The lowest BCUT2D eigenvalue weighted by Crippen LogP contribution is -2.40. The van der Waals surface area contributed by atoms with Crippen LogP contribution in [0.3, 0.4) is 0 Å². The fraction of sp³-hybridized carbons (Fsp3) is 0.929. The van der Waals surface area contributed by atoms with Crippen molar-refractivity contribution in [3.63, 3.8) is 0 Å². The van der Waals surface area contributed by atoms with E-state index in [1.807, 2.05) is 0 Å². The molecule has 1 aliphatic carbocycles. The van der Waals surface area contributed by atoms with Crippen molar-refractivity contribution in [1.82, 2.24) is 5.32 Å². The van der Waals surface area contributed by atoms with Crippen molar-refractivity contribution in [1.29, 1.82) is 0 Å². The highest BCUT2D eigenvalue weighted by Crippen LogP contribution is 2.24. The molecular formula is C14H27ClN2O3. The summed E-state index contributed by atoms with van der Waals surface area (Å²) >= 11 is 0. The summed E-state index contributed by atoms with van der Waals surface area (Å²) in [6.45, 7) is 2.73. The van der Waals surface area contributed by atoms with E-state index in [0.717, 1.165) is 38.9 Å². The molecule has 1 saturated heterocycles.